The second-order valence-corrected chi connectivity index (χ2v) is 11.1. The van der Waals surface area contributed by atoms with Crippen LogP contribution in [0.2, 0.25) is 9.88 Å². The molecule has 0 nitrogen and oxygen atoms in total. The van der Waals surface area contributed by atoms with Crippen LogP contribution < -0.4 is 0 Å². The first-order chi connectivity index (χ1) is 3.35. The Balaban J connectivity index is 3.38. The number of hydrogen-bond donors (Lipinski definition) is 0. The van der Waals surface area contributed by atoms with Crippen LogP contribution in [0.5, 0.6) is 0 Å². The predicted molar refractivity (Wildman–Crippen MR) is 36.7 cm³/mol. The molecular weight excluding hydrogens is 297 g/mol. The van der Waals surface area contributed by atoms with Crippen LogP contribution in [-0.4, -0.2) is 42.3 Å². The van der Waals surface area contributed by atoms with Crippen molar-refractivity contribution in [3.63, 3.8) is 0 Å². The summed E-state index contributed by atoms with van der Waals surface area (Å²) in [5, 5.41) is 0. The van der Waals surface area contributed by atoms with E-state index in [9.17, 15) is 0 Å². The standard InChI is InChI=1S/C3H3.2CH3.2Sn/c1-3-2;;;;/h3H,1H2;2*1H3;;. The van der Waals surface area contributed by atoms with Gasteiger partial charge in [-0.3, -0.25) is 0 Å². The molecule has 37 valence electrons. The van der Waals surface area contributed by atoms with Crippen molar-refractivity contribution in [3.05, 3.63) is 14.6 Å². The van der Waals surface area contributed by atoms with Crippen LogP contribution in [0.4, 0.5) is 0 Å². The summed E-state index contributed by atoms with van der Waals surface area (Å²) in [5.74, 6) is 0. The van der Waals surface area contributed by atoms with Crippen LogP contribution in [0, 0.1) is 6.92 Å². The van der Waals surface area contributed by atoms with Gasteiger partial charge in [0.25, 0.3) is 0 Å². The van der Waals surface area contributed by atoms with Crippen molar-refractivity contribution in [2.75, 3.05) is 0 Å². The molecule has 0 unspecified atom stereocenters. The van der Waals surface area contributed by atoms with Crippen molar-refractivity contribution < 1.29 is 0 Å². The molecule has 0 amide bonds. The quantitative estimate of drug-likeness (QED) is 0.672. The Bertz CT molecular complexity index is 60.5. The van der Waals surface area contributed by atoms with Crippen molar-refractivity contribution in [3.8, 4) is 0 Å². The van der Waals surface area contributed by atoms with Crippen molar-refractivity contribution in [2.24, 2.45) is 0 Å². The van der Waals surface area contributed by atoms with E-state index in [1.54, 1.807) is 1.60 Å². The second-order valence-electron chi connectivity index (χ2n) is 1.12. The molecule has 0 N–H and O–H groups in total. The zero-order chi connectivity index (χ0) is 5.70. The van der Waals surface area contributed by atoms with Gasteiger partial charge in [0.2, 0.25) is 0 Å². The van der Waals surface area contributed by atoms with Crippen LogP contribution in [0.15, 0.2) is 7.68 Å². The summed E-state index contributed by atoms with van der Waals surface area (Å²) in [5.41, 5.74) is 0. The summed E-state index contributed by atoms with van der Waals surface area (Å²) in [4.78, 5) is 4.73. The summed E-state index contributed by atoms with van der Waals surface area (Å²) in [7, 11) is 0. The zero-order valence-electron chi connectivity index (χ0n) is 4.78. The van der Waals surface area contributed by atoms with Gasteiger partial charge in [0.15, 0.2) is 0 Å². The van der Waals surface area contributed by atoms with E-state index in [0.717, 1.165) is 0 Å². The van der Waals surface area contributed by atoms with E-state index in [0.29, 0.717) is 0 Å². The van der Waals surface area contributed by atoms with Gasteiger partial charge in [-0.25, -0.2) is 0 Å². The Morgan fingerprint density at radius 3 is 1.86 bits per heavy atom. The van der Waals surface area contributed by atoms with Gasteiger partial charge < -0.3 is 0 Å². The summed E-state index contributed by atoms with van der Waals surface area (Å²) in [6.07, 6.45) is 2.10. The monoisotopic (exact) mass is 309 g/mol. The maximum atomic E-state index is 3.75. The number of hydrogen-bond acceptors (Lipinski definition) is 0. The van der Waals surface area contributed by atoms with Gasteiger partial charge in [-0.1, -0.05) is 0 Å². The van der Waals surface area contributed by atoms with E-state index in [2.05, 4.69) is 22.9 Å². The SMILES string of the molecule is [CH2]C=[C]([Sn][CH3])[Sn][CH3]. The van der Waals surface area contributed by atoms with Gasteiger partial charge in [-0.2, -0.15) is 0 Å². The van der Waals surface area contributed by atoms with E-state index in [-0.39, 0.29) is 42.3 Å². The molecule has 7 heavy (non-hydrogen) atoms. The minimum atomic E-state index is -0.0278. The van der Waals surface area contributed by atoms with Crippen LogP contribution in [-0.2, 0) is 0 Å². The Morgan fingerprint density at radius 1 is 1.43 bits per heavy atom. The normalized spacial score (nSPS) is 8.43. The Morgan fingerprint density at radius 2 is 1.86 bits per heavy atom. The van der Waals surface area contributed by atoms with Gasteiger partial charge in [-0.05, 0) is 0 Å². The molecule has 2 heteroatoms. The van der Waals surface area contributed by atoms with Crippen molar-refractivity contribution in [1.29, 1.82) is 0 Å². The molecule has 0 heterocycles. The molecule has 0 aromatic heterocycles. The van der Waals surface area contributed by atoms with Gasteiger partial charge in [0, 0.05) is 0 Å². The first-order valence-corrected chi connectivity index (χ1v) is 10.8. The third kappa shape index (κ3) is 3.88. The summed E-state index contributed by atoms with van der Waals surface area (Å²) < 4.78 is 1.78. The van der Waals surface area contributed by atoms with Crippen LogP contribution in [0.25, 0.3) is 0 Å². The Labute approximate surface area is 66.2 Å². The van der Waals surface area contributed by atoms with E-state index in [1.807, 2.05) is 0 Å². The molecule has 0 bridgehead atoms. The number of rotatable bonds is 2. The minimum absolute atomic E-state index is 0.0278. The molecule has 0 saturated carbocycles. The Kier molecular flexibility index (Phi) is 6.52. The molecule has 5 radical (unpaired) electrons. The van der Waals surface area contributed by atoms with E-state index in [4.69, 9.17) is 0 Å². The van der Waals surface area contributed by atoms with Gasteiger partial charge >= 0.3 is 66.8 Å². The second kappa shape index (κ2) is 5.47. The molecule has 0 aromatic carbocycles. The maximum absolute atomic E-state index is 3.75. The van der Waals surface area contributed by atoms with E-state index >= 15 is 0 Å². The van der Waals surface area contributed by atoms with Gasteiger partial charge in [0.1, 0.15) is 0 Å². The van der Waals surface area contributed by atoms with Crippen LogP contribution in [0.3, 0.4) is 0 Å². The molecule has 0 aliphatic heterocycles. The first-order valence-electron chi connectivity index (χ1n) is 2.20. The molecule has 0 spiro atoms. The summed E-state index contributed by atoms with van der Waals surface area (Å²) in [6, 6.07) is 0. The molecule has 0 rings (SSSR count). The fourth-order valence-electron chi connectivity index (χ4n) is 0.329. The third-order valence-electron chi connectivity index (χ3n) is 0.743. The van der Waals surface area contributed by atoms with Crippen LogP contribution >= 0.6 is 0 Å². The van der Waals surface area contributed by atoms with Crippen molar-refractivity contribution >= 4 is 42.3 Å². The molecular formula is C5H9Sn2. The average molecular weight is 307 g/mol. The third-order valence-corrected chi connectivity index (χ3v) is 14.6. The summed E-state index contributed by atoms with van der Waals surface area (Å²) >= 11 is -0.0556. The fraction of sp³-hybridized carbons (Fsp3) is 0.400. The molecule has 0 saturated heterocycles. The topological polar surface area (TPSA) is 0 Å². The Hall–Kier alpha value is 1.34. The van der Waals surface area contributed by atoms with Gasteiger partial charge in [-0.15, -0.1) is 0 Å². The van der Waals surface area contributed by atoms with Crippen molar-refractivity contribution in [2.45, 2.75) is 9.88 Å². The van der Waals surface area contributed by atoms with E-state index < -0.39 is 0 Å². The molecule has 0 aliphatic carbocycles. The molecule has 0 atom stereocenters. The predicted octanol–water partition coefficient (Wildman–Crippen LogP) is 1.17. The molecule has 0 aliphatic rings. The average Bonchev–Trinajstić information content (AvgIpc) is 1.72. The van der Waals surface area contributed by atoms with E-state index in [1.165, 1.54) is 0 Å². The zero-order valence-corrected chi connectivity index (χ0v) is 10.5. The number of allylic oxidation sites excluding steroid dienone is 1. The van der Waals surface area contributed by atoms with Crippen molar-refractivity contribution in [1.82, 2.24) is 0 Å². The first kappa shape index (κ1) is 8.34. The molecule has 0 fully saturated rings. The fourth-order valence-corrected chi connectivity index (χ4v) is 6.99. The van der Waals surface area contributed by atoms with Gasteiger partial charge in [0.05, 0.1) is 0 Å². The summed E-state index contributed by atoms with van der Waals surface area (Å²) in [6.45, 7) is 3.75. The molecule has 0 aromatic rings. The van der Waals surface area contributed by atoms with Crippen LogP contribution in [0.1, 0.15) is 0 Å².